The topological polar surface area (TPSA) is 99.6 Å². The first-order chi connectivity index (χ1) is 8.18. The average Bonchev–Trinajstić information content (AvgIpc) is 2.81. The number of aromatic nitrogens is 5. The Morgan fingerprint density at radius 3 is 2.82 bits per heavy atom. The van der Waals surface area contributed by atoms with Crippen LogP contribution in [0.5, 0.6) is 0 Å². The van der Waals surface area contributed by atoms with Gasteiger partial charge in [0.1, 0.15) is 5.69 Å². The summed E-state index contributed by atoms with van der Waals surface area (Å²) in [5, 5.41) is 7.57. The van der Waals surface area contributed by atoms with Crippen molar-refractivity contribution in [1.82, 2.24) is 25.0 Å². The highest BCUT2D eigenvalue weighted by atomic mass is 16.1. The summed E-state index contributed by atoms with van der Waals surface area (Å²) >= 11 is 0. The molecule has 0 bridgehead atoms. The lowest BCUT2D eigenvalue weighted by Gasteiger charge is -2.12. The summed E-state index contributed by atoms with van der Waals surface area (Å²) in [6, 6.07) is 0. The van der Waals surface area contributed by atoms with Gasteiger partial charge in [0.15, 0.2) is 0 Å². The number of hydrogen-bond donors (Lipinski definition) is 1. The fourth-order valence-electron chi connectivity index (χ4n) is 1.60. The predicted molar refractivity (Wildman–Crippen MR) is 59.0 cm³/mol. The van der Waals surface area contributed by atoms with Gasteiger partial charge in [-0.05, 0) is 0 Å². The Hall–Kier alpha value is -2.31. The van der Waals surface area contributed by atoms with Crippen LogP contribution in [0.25, 0.3) is 0 Å². The molecule has 88 valence electrons. The SMILES string of the molecule is C[C@@H](Cn1ccnn1)c1nccnc1C(N)=O. The van der Waals surface area contributed by atoms with Crippen LogP contribution in [0.1, 0.15) is 29.0 Å². The van der Waals surface area contributed by atoms with Gasteiger partial charge in [-0.15, -0.1) is 5.10 Å². The zero-order chi connectivity index (χ0) is 12.3. The maximum atomic E-state index is 11.2. The van der Waals surface area contributed by atoms with E-state index in [1.807, 2.05) is 6.92 Å². The van der Waals surface area contributed by atoms with Crippen LogP contribution in [0.4, 0.5) is 0 Å². The van der Waals surface area contributed by atoms with E-state index in [9.17, 15) is 4.79 Å². The van der Waals surface area contributed by atoms with Crippen molar-refractivity contribution in [2.24, 2.45) is 5.73 Å². The zero-order valence-electron chi connectivity index (χ0n) is 9.32. The molecule has 1 amide bonds. The second-order valence-corrected chi connectivity index (χ2v) is 3.68. The predicted octanol–water partition coefficient (Wildman–Crippen LogP) is -0.0293. The molecule has 2 heterocycles. The van der Waals surface area contributed by atoms with E-state index in [1.165, 1.54) is 6.20 Å². The highest BCUT2D eigenvalue weighted by Gasteiger charge is 2.17. The Kier molecular flexibility index (Phi) is 3.08. The van der Waals surface area contributed by atoms with E-state index in [0.717, 1.165) is 0 Å². The molecule has 2 aromatic rings. The van der Waals surface area contributed by atoms with Crippen molar-refractivity contribution in [3.05, 3.63) is 36.2 Å². The van der Waals surface area contributed by atoms with Crippen molar-refractivity contribution < 1.29 is 4.79 Å². The molecule has 17 heavy (non-hydrogen) atoms. The van der Waals surface area contributed by atoms with Crippen LogP contribution in [0.2, 0.25) is 0 Å². The summed E-state index contributed by atoms with van der Waals surface area (Å²) in [5.74, 6) is -0.591. The van der Waals surface area contributed by atoms with E-state index in [-0.39, 0.29) is 11.6 Å². The van der Waals surface area contributed by atoms with Gasteiger partial charge in [-0.1, -0.05) is 12.1 Å². The number of amides is 1. The van der Waals surface area contributed by atoms with Crippen LogP contribution in [-0.4, -0.2) is 30.9 Å². The summed E-state index contributed by atoms with van der Waals surface area (Å²) in [6.45, 7) is 2.50. The fraction of sp³-hybridized carbons (Fsp3) is 0.300. The molecule has 0 saturated carbocycles. The van der Waals surface area contributed by atoms with Gasteiger partial charge in [0.2, 0.25) is 0 Å². The Labute approximate surface area is 97.7 Å². The first-order valence-electron chi connectivity index (χ1n) is 5.13. The Bertz CT molecular complexity index is 509. The highest BCUT2D eigenvalue weighted by Crippen LogP contribution is 2.16. The smallest absolute Gasteiger partial charge is 0.269 e. The molecule has 7 nitrogen and oxygen atoms in total. The quantitative estimate of drug-likeness (QED) is 0.797. The number of nitrogens with two attached hydrogens (primary N) is 1. The maximum absolute atomic E-state index is 11.2. The van der Waals surface area contributed by atoms with E-state index in [4.69, 9.17) is 5.73 Å². The molecular weight excluding hydrogens is 220 g/mol. The van der Waals surface area contributed by atoms with Crippen molar-refractivity contribution in [2.75, 3.05) is 0 Å². The number of nitrogens with zero attached hydrogens (tertiary/aromatic N) is 5. The largest absolute Gasteiger partial charge is 0.364 e. The Morgan fingerprint density at radius 2 is 2.18 bits per heavy atom. The van der Waals surface area contributed by atoms with Gasteiger partial charge in [0.25, 0.3) is 5.91 Å². The van der Waals surface area contributed by atoms with E-state index < -0.39 is 5.91 Å². The molecule has 7 heteroatoms. The van der Waals surface area contributed by atoms with Gasteiger partial charge in [0, 0.05) is 24.5 Å². The molecule has 0 saturated heterocycles. The van der Waals surface area contributed by atoms with E-state index in [0.29, 0.717) is 12.2 Å². The lowest BCUT2D eigenvalue weighted by atomic mass is 10.1. The monoisotopic (exact) mass is 232 g/mol. The van der Waals surface area contributed by atoms with Crippen LogP contribution in [-0.2, 0) is 6.54 Å². The second-order valence-electron chi connectivity index (χ2n) is 3.68. The minimum atomic E-state index is -0.571. The normalized spacial score (nSPS) is 12.3. The third-order valence-electron chi connectivity index (χ3n) is 2.36. The molecule has 0 unspecified atom stereocenters. The number of carbonyl (C=O) groups excluding carboxylic acids is 1. The lowest BCUT2D eigenvalue weighted by Crippen LogP contribution is -2.19. The van der Waals surface area contributed by atoms with E-state index in [1.54, 1.807) is 23.3 Å². The summed E-state index contributed by atoms with van der Waals surface area (Å²) in [5.41, 5.74) is 6.04. The summed E-state index contributed by atoms with van der Waals surface area (Å²) in [7, 11) is 0. The van der Waals surface area contributed by atoms with Crippen LogP contribution in [0.3, 0.4) is 0 Å². The van der Waals surface area contributed by atoms with Crippen molar-refractivity contribution in [3.63, 3.8) is 0 Å². The molecule has 0 aliphatic heterocycles. The number of rotatable bonds is 4. The molecule has 0 spiro atoms. The van der Waals surface area contributed by atoms with Crippen LogP contribution >= 0.6 is 0 Å². The van der Waals surface area contributed by atoms with Crippen LogP contribution in [0.15, 0.2) is 24.8 Å². The number of hydrogen-bond acceptors (Lipinski definition) is 5. The average molecular weight is 232 g/mol. The summed E-state index contributed by atoms with van der Waals surface area (Å²) < 4.78 is 1.67. The minimum absolute atomic E-state index is 0.0205. The molecule has 1 atom stereocenters. The third-order valence-corrected chi connectivity index (χ3v) is 2.36. The first-order valence-corrected chi connectivity index (χ1v) is 5.13. The zero-order valence-corrected chi connectivity index (χ0v) is 9.32. The first kappa shape index (κ1) is 11.2. The number of primary amides is 1. The third kappa shape index (κ3) is 2.44. The van der Waals surface area contributed by atoms with Crippen molar-refractivity contribution in [3.8, 4) is 0 Å². The summed E-state index contributed by atoms with van der Waals surface area (Å²) in [6.07, 6.45) is 6.33. The van der Waals surface area contributed by atoms with Crippen molar-refractivity contribution >= 4 is 5.91 Å². The van der Waals surface area contributed by atoms with Gasteiger partial charge in [-0.2, -0.15) is 0 Å². The standard InChI is InChI=1S/C10H12N6O/c1-7(6-16-5-4-14-15-16)8-9(10(11)17)13-3-2-12-8/h2-5,7H,6H2,1H3,(H2,11,17)/t7-/m0/s1. The van der Waals surface area contributed by atoms with E-state index >= 15 is 0 Å². The van der Waals surface area contributed by atoms with Gasteiger partial charge in [-0.25, -0.2) is 4.98 Å². The molecule has 0 aliphatic rings. The van der Waals surface area contributed by atoms with Gasteiger partial charge in [0.05, 0.1) is 18.4 Å². The molecule has 0 aliphatic carbocycles. The van der Waals surface area contributed by atoms with Gasteiger partial charge in [-0.3, -0.25) is 14.5 Å². The van der Waals surface area contributed by atoms with Crippen LogP contribution < -0.4 is 5.73 Å². The Balaban J connectivity index is 2.24. The lowest BCUT2D eigenvalue weighted by molar-refractivity contribution is 0.0993. The molecule has 0 aromatic carbocycles. The molecular formula is C10H12N6O. The van der Waals surface area contributed by atoms with Gasteiger partial charge < -0.3 is 5.73 Å². The highest BCUT2D eigenvalue weighted by molar-refractivity contribution is 5.91. The Morgan fingerprint density at radius 1 is 1.41 bits per heavy atom. The molecule has 2 rings (SSSR count). The fourth-order valence-corrected chi connectivity index (χ4v) is 1.60. The minimum Gasteiger partial charge on any atom is -0.364 e. The molecule has 0 radical (unpaired) electrons. The second kappa shape index (κ2) is 4.69. The van der Waals surface area contributed by atoms with Crippen LogP contribution in [0, 0.1) is 0 Å². The number of carbonyl (C=O) groups is 1. The molecule has 2 aromatic heterocycles. The maximum Gasteiger partial charge on any atom is 0.269 e. The van der Waals surface area contributed by atoms with E-state index in [2.05, 4.69) is 20.3 Å². The molecule has 0 fully saturated rings. The van der Waals surface area contributed by atoms with Crippen molar-refractivity contribution in [1.29, 1.82) is 0 Å². The summed E-state index contributed by atoms with van der Waals surface area (Å²) in [4.78, 5) is 19.3. The van der Waals surface area contributed by atoms with Gasteiger partial charge >= 0.3 is 0 Å². The van der Waals surface area contributed by atoms with Crippen molar-refractivity contribution in [2.45, 2.75) is 19.4 Å². The molecule has 2 N–H and O–H groups in total.